The van der Waals surface area contributed by atoms with Crippen LogP contribution in [0, 0.1) is 0 Å². The number of hydrogen-bond donors (Lipinski definition) is 1. The molecule has 2 fully saturated rings. The van der Waals surface area contributed by atoms with E-state index in [1.165, 1.54) is 64.2 Å². The summed E-state index contributed by atoms with van der Waals surface area (Å²) in [5.41, 5.74) is 1.03. The summed E-state index contributed by atoms with van der Waals surface area (Å²) >= 11 is 3.46. The molecule has 0 saturated heterocycles. The smallest absolute Gasteiger partial charge is 0.265 e. The van der Waals surface area contributed by atoms with Crippen LogP contribution in [-0.2, 0) is 0 Å². The molecule has 0 radical (unpaired) electrons. The number of nitrogens with zero attached hydrogens (tertiary/aromatic N) is 1. The van der Waals surface area contributed by atoms with Gasteiger partial charge in [0.1, 0.15) is 10.3 Å². The van der Waals surface area contributed by atoms with Crippen LogP contribution >= 0.6 is 15.9 Å². The molecule has 2 aliphatic carbocycles. The Morgan fingerprint density at radius 2 is 1.45 bits per heavy atom. The zero-order valence-electron chi connectivity index (χ0n) is 12.0. The highest BCUT2D eigenvalue weighted by Gasteiger charge is 2.25. The van der Waals surface area contributed by atoms with E-state index in [4.69, 9.17) is 4.98 Å². The number of aromatic nitrogens is 2. The summed E-state index contributed by atoms with van der Waals surface area (Å²) in [6.07, 6.45) is 12.4. The maximum atomic E-state index is 12.2. The Morgan fingerprint density at radius 1 is 0.900 bits per heavy atom. The summed E-state index contributed by atoms with van der Waals surface area (Å²) in [4.78, 5) is 20.1. The minimum atomic E-state index is 0.0150. The maximum Gasteiger partial charge on any atom is 0.265 e. The standard InChI is InChI=1S/C16H23BrN2O/c17-13-14(11-7-5-6-8-11)18-15(19-16(13)20)12-9-3-1-2-4-10-12/h11-12H,1-10H2,(H,18,19,20). The molecular weight excluding hydrogens is 316 g/mol. The fourth-order valence-corrected chi connectivity index (χ4v) is 4.22. The third-order valence-corrected chi connectivity index (χ3v) is 5.66. The van der Waals surface area contributed by atoms with E-state index in [9.17, 15) is 4.79 Å². The van der Waals surface area contributed by atoms with Gasteiger partial charge >= 0.3 is 0 Å². The van der Waals surface area contributed by atoms with Crippen LogP contribution in [0.2, 0.25) is 0 Å². The van der Waals surface area contributed by atoms with Crippen LogP contribution in [-0.4, -0.2) is 9.97 Å². The van der Waals surface area contributed by atoms with Crippen molar-refractivity contribution in [3.63, 3.8) is 0 Å². The molecule has 0 amide bonds. The van der Waals surface area contributed by atoms with Crippen molar-refractivity contribution in [1.82, 2.24) is 9.97 Å². The van der Waals surface area contributed by atoms with Crippen LogP contribution in [0.15, 0.2) is 9.27 Å². The van der Waals surface area contributed by atoms with Crippen molar-refractivity contribution in [1.29, 1.82) is 0 Å². The SMILES string of the molecule is O=c1[nH]c(C2CCCCCC2)nc(C2CCCC2)c1Br. The van der Waals surface area contributed by atoms with Crippen LogP contribution in [0.1, 0.15) is 87.6 Å². The van der Waals surface area contributed by atoms with Crippen molar-refractivity contribution < 1.29 is 0 Å². The van der Waals surface area contributed by atoms with Gasteiger partial charge in [0, 0.05) is 11.8 Å². The average Bonchev–Trinajstić information content (AvgIpc) is 2.84. The lowest BCUT2D eigenvalue weighted by molar-refractivity contribution is 0.548. The van der Waals surface area contributed by atoms with Gasteiger partial charge in [0.05, 0.1) is 5.69 Å². The van der Waals surface area contributed by atoms with Crippen molar-refractivity contribution in [3.8, 4) is 0 Å². The van der Waals surface area contributed by atoms with Gasteiger partial charge < -0.3 is 4.98 Å². The summed E-state index contributed by atoms with van der Waals surface area (Å²) in [5, 5.41) is 0. The zero-order chi connectivity index (χ0) is 13.9. The highest BCUT2D eigenvalue weighted by molar-refractivity contribution is 9.10. The third-order valence-electron chi connectivity index (χ3n) is 4.89. The van der Waals surface area contributed by atoms with Crippen LogP contribution < -0.4 is 5.56 Å². The molecule has 0 unspecified atom stereocenters. The Balaban J connectivity index is 1.92. The highest BCUT2D eigenvalue weighted by atomic mass is 79.9. The summed E-state index contributed by atoms with van der Waals surface area (Å²) in [6.45, 7) is 0. The molecule has 20 heavy (non-hydrogen) atoms. The molecule has 0 atom stereocenters. The van der Waals surface area contributed by atoms with E-state index in [0.717, 1.165) is 11.5 Å². The predicted molar refractivity (Wildman–Crippen MR) is 84.2 cm³/mol. The van der Waals surface area contributed by atoms with E-state index in [-0.39, 0.29) is 5.56 Å². The molecule has 0 spiro atoms. The summed E-state index contributed by atoms with van der Waals surface area (Å²) < 4.78 is 0.668. The van der Waals surface area contributed by atoms with E-state index in [2.05, 4.69) is 20.9 Å². The van der Waals surface area contributed by atoms with Crippen LogP contribution in [0.5, 0.6) is 0 Å². The molecule has 3 nitrogen and oxygen atoms in total. The Morgan fingerprint density at radius 3 is 2.10 bits per heavy atom. The first-order valence-corrected chi connectivity index (χ1v) is 8.84. The van der Waals surface area contributed by atoms with Gasteiger partial charge in [0.15, 0.2) is 0 Å². The van der Waals surface area contributed by atoms with Gasteiger partial charge in [0.25, 0.3) is 5.56 Å². The van der Waals surface area contributed by atoms with Gasteiger partial charge in [0.2, 0.25) is 0 Å². The van der Waals surface area contributed by atoms with E-state index in [1.807, 2.05) is 0 Å². The fraction of sp³-hybridized carbons (Fsp3) is 0.750. The first-order valence-electron chi connectivity index (χ1n) is 8.05. The van der Waals surface area contributed by atoms with Crippen molar-refractivity contribution >= 4 is 15.9 Å². The number of H-pyrrole nitrogens is 1. The van der Waals surface area contributed by atoms with E-state index in [1.54, 1.807) is 0 Å². The monoisotopic (exact) mass is 338 g/mol. The Kier molecular flexibility index (Phi) is 4.59. The second-order valence-electron chi connectivity index (χ2n) is 6.32. The quantitative estimate of drug-likeness (QED) is 0.799. The third kappa shape index (κ3) is 3.00. The molecular formula is C16H23BrN2O. The number of nitrogens with one attached hydrogen (secondary N) is 1. The van der Waals surface area contributed by atoms with Gasteiger partial charge in [-0.1, -0.05) is 38.5 Å². The maximum absolute atomic E-state index is 12.2. The Hall–Kier alpha value is -0.640. The molecule has 4 heteroatoms. The number of aromatic amines is 1. The van der Waals surface area contributed by atoms with Gasteiger partial charge in [-0.25, -0.2) is 4.98 Å². The molecule has 1 N–H and O–H groups in total. The van der Waals surface area contributed by atoms with Crippen LogP contribution in [0.25, 0.3) is 0 Å². The molecule has 1 aromatic rings. The second-order valence-corrected chi connectivity index (χ2v) is 7.11. The van der Waals surface area contributed by atoms with E-state index >= 15 is 0 Å². The fourth-order valence-electron chi connectivity index (χ4n) is 3.71. The lowest BCUT2D eigenvalue weighted by Crippen LogP contribution is -2.19. The molecule has 0 aliphatic heterocycles. The highest BCUT2D eigenvalue weighted by Crippen LogP contribution is 2.36. The number of rotatable bonds is 2. The van der Waals surface area contributed by atoms with E-state index < -0.39 is 0 Å². The normalized spacial score (nSPS) is 22.1. The molecule has 0 bridgehead atoms. The molecule has 2 saturated carbocycles. The molecule has 1 aromatic heterocycles. The molecule has 110 valence electrons. The van der Waals surface area contributed by atoms with Crippen molar-refractivity contribution in [2.45, 2.75) is 76.0 Å². The predicted octanol–water partition coefficient (Wildman–Crippen LogP) is 4.63. The summed E-state index contributed by atoms with van der Waals surface area (Å²) in [6, 6.07) is 0. The molecule has 2 aliphatic rings. The van der Waals surface area contributed by atoms with Gasteiger partial charge in [-0.15, -0.1) is 0 Å². The molecule has 1 heterocycles. The zero-order valence-corrected chi connectivity index (χ0v) is 13.5. The van der Waals surface area contributed by atoms with Crippen LogP contribution in [0.3, 0.4) is 0 Å². The Bertz CT molecular complexity index is 512. The number of hydrogen-bond acceptors (Lipinski definition) is 2. The van der Waals surface area contributed by atoms with E-state index in [0.29, 0.717) is 16.3 Å². The topological polar surface area (TPSA) is 45.8 Å². The minimum Gasteiger partial charge on any atom is -0.309 e. The summed E-state index contributed by atoms with van der Waals surface area (Å²) in [5.74, 6) is 1.89. The first kappa shape index (κ1) is 14.3. The average molecular weight is 339 g/mol. The van der Waals surface area contributed by atoms with Gasteiger partial charge in [-0.05, 0) is 41.6 Å². The summed E-state index contributed by atoms with van der Waals surface area (Å²) in [7, 11) is 0. The second kappa shape index (κ2) is 6.42. The first-order chi connectivity index (χ1) is 9.75. The molecule has 0 aromatic carbocycles. The minimum absolute atomic E-state index is 0.0150. The van der Waals surface area contributed by atoms with Gasteiger partial charge in [-0.3, -0.25) is 4.79 Å². The molecule has 3 rings (SSSR count). The van der Waals surface area contributed by atoms with Crippen LogP contribution in [0.4, 0.5) is 0 Å². The Labute approximate surface area is 128 Å². The van der Waals surface area contributed by atoms with Crippen molar-refractivity contribution in [2.24, 2.45) is 0 Å². The van der Waals surface area contributed by atoms with Crippen molar-refractivity contribution in [2.75, 3.05) is 0 Å². The van der Waals surface area contributed by atoms with Gasteiger partial charge in [-0.2, -0.15) is 0 Å². The lowest BCUT2D eigenvalue weighted by atomic mass is 9.98. The number of halogens is 1. The lowest BCUT2D eigenvalue weighted by Gasteiger charge is -2.17. The largest absolute Gasteiger partial charge is 0.309 e. The van der Waals surface area contributed by atoms with Crippen molar-refractivity contribution in [3.05, 3.63) is 26.3 Å².